The number of unbranched alkanes of at least 4 members (excludes halogenated alkanes) is 7. The summed E-state index contributed by atoms with van der Waals surface area (Å²) in [6.45, 7) is 6.07. The summed E-state index contributed by atoms with van der Waals surface area (Å²) in [7, 11) is 1.58. The van der Waals surface area contributed by atoms with Crippen molar-refractivity contribution in [2.75, 3.05) is 20.3 Å². The molecule has 0 aliphatic carbocycles. The van der Waals surface area contributed by atoms with E-state index in [-0.39, 0.29) is 24.8 Å². The molecule has 0 fully saturated rings. The summed E-state index contributed by atoms with van der Waals surface area (Å²) < 4.78 is 16.3. The summed E-state index contributed by atoms with van der Waals surface area (Å²) >= 11 is 0. The molecule has 0 aliphatic rings. The number of ether oxygens (including phenoxy) is 3. The number of hydrogen-bond acceptors (Lipinski definition) is 6. The molecule has 0 bridgehead atoms. The van der Waals surface area contributed by atoms with Gasteiger partial charge in [0.2, 0.25) is 0 Å². The third kappa shape index (κ3) is 11.4. The second-order valence-electron chi connectivity index (χ2n) is 10.6. The first-order valence-corrected chi connectivity index (χ1v) is 14.0. The SMILES string of the molecule is CCCCCCCCCCC(=O)OCC(C)(C)COC(=O)C(C#N)=C(c1ccccc1)c1ccc(OC)cc1. The maximum absolute atomic E-state index is 13.1. The Labute approximate surface area is 234 Å². The van der Waals surface area contributed by atoms with Crippen LogP contribution in [0.5, 0.6) is 5.75 Å². The van der Waals surface area contributed by atoms with Gasteiger partial charge in [-0.25, -0.2) is 4.79 Å². The van der Waals surface area contributed by atoms with Gasteiger partial charge in [-0.3, -0.25) is 4.79 Å². The van der Waals surface area contributed by atoms with Gasteiger partial charge in [-0.1, -0.05) is 108 Å². The van der Waals surface area contributed by atoms with Gasteiger partial charge in [-0.15, -0.1) is 0 Å². The Morgan fingerprint density at radius 1 is 0.795 bits per heavy atom. The number of nitriles is 1. The van der Waals surface area contributed by atoms with Gasteiger partial charge < -0.3 is 14.2 Å². The minimum Gasteiger partial charge on any atom is -0.497 e. The van der Waals surface area contributed by atoms with E-state index in [0.29, 0.717) is 23.3 Å². The molecule has 0 heterocycles. The largest absolute Gasteiger partial charge is 0.497 e. The maximum atomic E-state index is 13.1. The van der Waals surface area contributed by atoms with Crippen LogP contribution in [0, 0.1) is 16.7 Å². The third-order valence-corrected chi connectivity index (χ3v) is 6.46. The van der Waals surface area contributed by atoms with E-state index in [9.17, 15) is 14.9 Å². The van der Waals surface area contributed by atoms with Crippen LogP contribution in [0.4, 0.5) is 0 Å². The van der Waals surface area contributed by atoms with Gasteiger partial charge in [-0.2, -0.15) is 5.26 Å². The smallest absolute Gasteiger partial charge is 0.349 e. The first kappa shape index (κ1) is 31.6. The lowest BCUT2D eigenvalue weighted by Gasteiger charge is -2.24. The van der Waals surface area contributed by atoms with E-state index in [1.54, 1.807) is 19.2 Å². The van der Waals surface area contributed by atoms with Crippen molar-refractivity contribution in [3.8, 4) is 11.8 Å². The molecule has 0 saturated heterocycles. The number of nitrogens with zero attached hydrogens (tertiary/aromatic N) is 1. The van der Waals surface area contributed by atoms with Gasteiger partial charge in [0.05, 0.1) is 13.7 Å². The molecule has 0 amide bonds. The fourth-order valence-electron chi connectivity index (χ4n) is 4.15. The number of rotatable bonds is 17. The van der Waals surface area contributed by atoms with Crippen molar-refractivity contribution in [1.82, 2.24) is 0 Å². The van der Waals surface area contributed by atoms with Crippen molar-refractivity contribution in [3.05, 3.63) is 71.3 Å². The summed E-state index contributed by atoms with van der Waals surface area (Å²) in [5.74, 6) is -0.277. The predicted octanol–water partition coefficient (Wildman–Crippen LogP) is 7.66. The van der Waals surface area contributed by atoms with Crippen molar-refractivity contribution in [1.29, 1.82) is 5.26 Å². The van der Waals surface area contributed by atoms with Crippen LogP contribution in [0.25, 0.3) is 5.57 Å². The standard InChI is InChI=1S/C33H43NO5/c1-5-6-7-8-9-10-11-15-18-30(35)38-24-33(2,3)25-39-32(36)29(23-34)31(26-16-13-12-14-17-26)27-19-21-28(37-4)22-20-27/h12-14,16-17,19-22H,5-11,15,18,24-25H2,1-4H3. The Kier molecular flexibility index (Phi) is 13.9. The fourth-order valence-corrected chi connectivity index (χ4v) is 4.15. The number of esters is 2. The monoisotopic (exact) mass is 533 g/mol. The van der Waals surface area contributed by atoms with Gasteiger partial charge in [0.1, 0.15) is 24.0 Å². The lowest BCUT2D eigenvalue weighted by atomic mass is 9.93. The van der Waals surface area contributed by atoms with Gasteiger partial charge in [0.25, 0.3) is 0 Å². The van der Waals surface area contributed by atoms with Crippen molar-refractivity contribution in [2.45, 2.75) is 78.6 Å². The molecular weight excluding hydrogens is 490 g/mol. The highest BCUT2D eigenvalue weighted by atomic mass is 16.5. The van der Waals surface area contributed by atoms with Gasteiger partial charge in [0, 0.05) is 17.4 Å². The van der Waals surface area contributed by atoms with E-state index in [1.165, 1.54) is 32.1 Å². The minimum atomic E-state index is -0.717. The van der Waals surface area contributed by atoms with Crippen molar-refractivity contribution >= 4 is 17.5 Å². The summed E-state index contributed by atoms with van der Waals surface area (Å²) in [5.41, 5.74) is 1.22. The molecule has 0 aromatic heterocycles. The Morgan fingerprint density at radius 3 is 1.95 bits per heavy atom. The van der Waals surface area contributed by atoms with Crippen LogP contribution in [0.3, 0.4) is 0 Å². The summed E-state index contributed by atoms with van der Waals surface area (Å²) in [6.07, 6.45) is 9.72. The van der Waals surface area contributed by atoms with E-state index >= 15 is 0 Å². The summed E-state index contributed by atoms with van der Waals surface area (Å²) in [4.78, 5) is 25.3. The van der Waals surface area contributed by atoms with Gasteiger partial charge in [-0.05, 0) is 29.7 Å². The summed E-state index contributed by atoms with van der Waals surface area (Å²) in [6, 6.07) is 18.5. The van der Waals surface area contributed by atoms with Crippen LogP contribution in [-0.4, -0.2) is 32.3 Å². The molecule has 2 aromatic rings. The van der Waals surface area contributed by atoms with Crippen molar-refractivity contribution in [3.63, 3.8) is 0 Å². The average molecular weight is 534 g/mol. The Morgan fingerprint density at radius 2 is 1.36 bits per heavy atom. The topological polar surface area (TPSA) is 85.6 Å². The molecular formula is C33H43NO5. The second kappa shape index (κ2) is 17.1. The third-order valence-electron chi connectivity index (χ3n) is 6.46. The molecule has 39 heavy (non-hydrogen) atoms. The Hall–Kier alpha value is -3.59. The summed E-state index contributed by atoms with van der Waals surface area (Å²) in [5, 5.41) is 9.97. The molecule has 6 nitrogen and oxygen atoms in total. The lowest BCUT2D eigenvalue weighted by molar-refractivity contribution is -0.150. The molecule has 0 N–H and O–H groups in total. The predicted molar refractivity (Wildman–Crippen MR) is 154 cm³/mol. The number of carbonyl (C=O) groups excluding carboxylic acids is 2. The number of benzene rings is 2. The van der Waals surface area contributed by atoms with E-state index in [0.717, 1.165) is 24.8 Å². The number of methoxy groups -OCH3 is 1. The molecule has 2 rings (SSSR count). The molecule has 0 aliphatic heterocycles. The van der Waals surface area contributed by atoms with Gasteiger partial charge in [0.15, 0.2) is 0 Å². The van der Waals surface area contributed by atoms with Crippen LogP contribution >= 0.6 is 0 Å². The molecule has 0 radical (unpaired) electrons. The van der Waals surface area contributed by atoms with Crippen LogP contribution in [0.2, 0.25) is 0 Å². The highest BCUT2D eigenvalue weighted by Gasteiger charge is 2.26. The number of hydrogen-bond donors (Lipinski definition) is 0. The molecule has 0 unspecified atom stereocenters. The second-order valence-corrected chi connectivity index (χ2v) is 10.6. The van der Waals surface area contributed by atoms with Crippen molar-refractivity contribution in [2.24, 2.45) is 5.41 Å². The van der Waals surface area contributed by atoms with Crippen LogP contribution < -0.4 is 4.74 Å². The fraction of sp³-hybridized carbons (Fsp3) is 0.485. The van der Waals surface area contributed by atoms with E-state index in [2.05, 4.69) is 6.92 Å². The highest BCUT2D eigenvalue weighted by molar-refractivity contribution is 6.05. The first-order valence-electron chi connectivity index (χ1n) is 14.0. The normalized spacial score (nSPS) is 11.8. The molecule has 0 saturated carbocycles. The maximum Gasteiger partial charge on any atom is 0.349 e. The van der Waals surface area contributed by atoms with Gasteiger partial charge >= 0.3 is 11.9 Å². The highest BCUT2D eigenvalue weighted by Crippen LogP contribution is 2.29. The quantitative estimate of drug-likeness (QED) is 0.0898. The minimum absolute atomic E-state index is 0.00668. The average Bonchev–Trinajstić information content (AvgIpc) is 2.95. The molecule has 0 atom stereocenters. The van der Waals surface area contributed by atoms with E-state index in [1.807, 2.05) is 62.4 Å². The molecule has 2 aromatic carbocycles. The molecule has 210 valence electrons. The Balaban J connectivity index is 1.95. The van der Waals surface area contributed by atoms with Crippen molar-refractivity contribution < 1.29 is 23.8 Å². The lowest BCUT2D eigenvalue weighted by Crippen LogP contribution is -2.29. The molecule has 6 heteroatoms. The first-order chi connectivity index (χ1) is 18.8. The zero-order valence-electron chi connectivity index (χ0n) is 24.0. The van der Waals surface area contributed by atoms with E-state index < -0.39 is 11.4 Å². The van der Waals surface area contributed by atoms with Crippen LogP contribution in [0.15, 0.2) is 60.2 Å². The number of carbonyl (C=O) groups is 2. The van der Waals surface area contributed by atoms with Crippen LogP contribution in [-0.2, 0) is 19.1 Å². The van der Waals surface area contributed by atoms with E-state index in [4.69, 9.17) is 14.2 Å². The van der Waals surface area contributed by atoms with Crippen LogP contribution in [0.1, 0.15) is 89.7 Å². The molecule has 0 spiro atoms. The zero-order valence-corrected chi connectivity index (χ0v) is 24.0. The Bertz CT molecular complexity index is 1100. The zero-order chi connectivity index (χ0) is 28.5.